The number of hydrogen-bond acceptors (Lipinski definition) is 5. The van der Waals surface area contributed by atoms with E-state index in [9.17, 15) is 9.59 Å². The maximum absolute atomic E-state index is 12.7. The normalized spacial score (nSPS) is 25.3. The summed E-state index contributed by atoms with van der Waals surface area (Å²) in [5.74, 6) is -0.551. The lowest BCUT2D eigenvalue weighted by Gasteiger charge is -2.38. The topological polar surface area (TPSA) is 84.7 Å². The minimum absolute atomic E-state index is 0.0984. The monoisotopic (exact) mass is 351 g/mol. The molecule has 3 unspecified atom stereocenters. The number of morpholine rings is 1. The fraction of sp³-hybridized carbons (Fsp3) is 0.647. The fourth-order valence-electron chi connectivity index (χ4n) is 3.67. The highest BCUT2D eigenvalue weighted by atomic mass is 32.1. The van der Waals surface area contributed by atoms with Crippen LogP contribution >= 0.6 is 11.3 Å². The molecule has 1 saturated heterocycles. The van der Waals surface area contributed by atoms with E-state index in [1.54, 1.807) is 0 Å². The number of ether oxygens (including phenoxy) is 1. The lowest BCUT2D eigenvalue weighted by atomic mass is 10.1. The average molecular weight is 351 g/mol. The highest BCUT2D eigenvalue weighted by molar-refractivity contribution is 7.17. The summed E-state index contributed by atoms with van der Waals surface area (Å²) in [4.78, 5) is 27.8. The molecule has 7 heteroatoms. The number of carbonyl (C=O) groups is 2. The van der Waals surface area contributed by atoms with E-state index in [-0.39, 0.29) is 24.2 Å². The zero-order valence-electron chi connectivity index (χ0n) is 14.4. The van der Waals surface area contributed by atoms with Crippen LogP contribution in [0, 0.1) is 0 Å². The summed E-state index contributed by atoms with van der Waals surface area (Å²) in [6.45, 7) is 7.38. The van der Waals surface area contributed by atoms with Gasteiger partial charge >= 0.3 is 0 Å². The number of thiophene rings is 1. The van der Waals surface area contributed by atoms with Crippen molar-refractivity contribution in [1.82, 2.24) is 4.90 Å². The third kappa shape index (κ3) is 3.34. The summed E-state index contributed by atoms with van der Waals surface area (Å²) in [6.07, 6.45) is 3.10. The largest absolute Gasteiger partial charge is 0.373 e. The summed E-state index contributed by atoms with van der Waals surface area (Å²) in [5, 5.41) is 3.55. The molecule has 3 atom stereocenters. The maximum atomic E-state index is 12.7. The Morgan fingerprint density at radius 1 is 1.29 bits per heavy atom. The number of nitrogens with one attached hydrogen (secondary N) is 1. The van der Waals surface area contributed by atoms with Gasteiger partial charge in [0.05, 0.1) is 23.8 Å². The van der Waals surface area contributed by atoms with Crippen LogP contribution in [-0.2, 0) is 22.4 Å². The maximum Gasteiger partial charge on any atom is 0.251 e. The molecule has 6 nitrogen and oxygen atoms in total. The van der Waals surface area contributed by atoms with Gasteiger partial charge in [0.15, 0.2) is 0 Å². The van der Waals surface area contributed by atoms with Crippen LogP contribution in [0.2, 0.25) is 0 Å². The summed E-state index contributed by atoms with van der Waals surface area (Å²) in [5.41, 5.74) is 7.10. The van der Waals surface area contributed by atoms with Gasteiger partial charge in [-0.25, -0.2) is 0 Å². The van der Waals surface area contributed by atoms with E-state index < -0.39 is 5.91 Å². The van der Waals surface area contributed by atoms with Crippen LogP contribution in [0.4, 0.5) is 5.00 Å². The van der Waals surface area contributed by atoms with Gasteiger partial charge in [-0.2, -0.15) is 0 Å². The summed E-state index contributed by atoms with van der Waals surface area (Å²) >= 11 is 1.49. The Kier molecular flexibility index (Phi) is 4.94. The van der Waals surface area contributed by atoms with E-state index in [0.29, 0.717) is 10.6 Å². The number of primary amides is 1. The highest BCUT2D eigenvalue weighted by Crippen LogP contribution is 2.38. The van der Waals surface area contributed by atoms with Crippen molar-refractivity contribution < 1.29 is 14.3 Å². The Morgan fingerprint density at radius 2 is 1.96 bits per heavy atom. The van der Waals surface area contributed by atoms with Crippen LogP contribution in [0.15, 0.2) is 0 Å². The first-order valence-corrected chi connectivity index (χ1v) is 9.33. The summed E-state index contributed by atoms with van der Waals surface area (Å²) in [6, 6.07) is -0.281. The Morgan fingerprint density at radius 3 is 2.58 bits per heavy atom. The molecule has 3 rings (SSSR count). The molecule has 1 aromatic heterocycles. The van der Waals surface area contributed by atoms with Crippen LogP contribution in [-0.4, -0.2) is 48.1 Å². The van der Waals surface area contributed by atoms with Crippen LogP contribution in [0.5, 0.6) is 0 Å². The molecule has 3 N–H and O–H groups in total. The Bertz CT molecular complexity index is 648. The van der Waals surface area contributed by atoms with Gasteiger partial charge in [0.25, 0.3) is 5.91 Å². The van der Waals surface area contributed by atoms with E-state index in [1.807, 2.05) is 20.8 Å². The molecule has 1 aromatic rings. The van der Waals surface area contributed by atoms with Crippen molar-refractivity contribution in [2.24, 2.45) is 5.73 Å². The Labute approximate surface area is 146 Å². The molecule has 2 aliphatic rings. The molecule has 0 aromatic carbocycles. The minimum Gasteiger partial charge on any atom is -0.373 e. The number of rotatable bonds is 4. The van der Waals surface area contributed by atoms with E-state index >= 15 is 0 Å². The number of nitrogens with zero attached hydrogens (tertiary/aromatic N) is 1. The van der Waals surface area contributed by atoms with Crippen LogP contribution in [0.25, 0.3) is 0 Å². The second-order valence-corrected chi connectivity index (χ2v) is 7.91. The lowest BCUT2D eigenvalue weighted by Crippen LogP contribution is -2.52. The van der Waals surface area contributed by atoms with Gasteiger partial charge in [-0.05, 0) is 45.6 Å². The van der Waals surface area contributed by atoms with Crippen molar-refractivity contribution in [3.8, 4) is 0 Å². The molecule has 1 aliphatic heterocycles. The smallest absolute Gasteiger partial charge is 0.251 e. The second kappa shape index (κ2) is 6.82. The van der Waals surface area contributed by atoms with Crippen LogP contribution in [0.3, 0.4) is 0 Å². The van der Waals surface area contributed by atoms with E-state index in [4.69, 9.17) is 10.5 Å². The second-order valence-electron chi connectivity index (χ2n) is 6.80. The zero-order valence-corrected chi connectivity index (χ0v) is 15.2. The van der Waals surface area contributed by atoms with E-state index in [1.165, 1.54) is 16.2 Å². The SMILES string of the molecule is CC1CN(C(C)C(=O)Nc2sc3c(c2C(N)=O)CCC3)CC(C)O1. The van der Waals surface area contributed by atoms with Crippen molar-refractivity contribution in [2.45, 2.75) is 58.3 Å². The molecular formula is C17H25N3O3S. The molecule has 0 saturated carbocycles. The average Bonchev–Trinajstić information content (AvgIpc) is 3.05. The first kappa shape index (κ1) is 17.4. The molecule has 1 fully saturated rings. The zero-order chi connectivity index (χ0) is 17.4. The van der Waals surface area contributed by atoms with Crippen LogP contribution < -0.4 is 11.1 Å². The van der Waals surface area contributed by atoms with Crippen molar-refractivity contribution in [3.05, 3.63) is 16.0 Å². The number of carbonyl (C=O) groups excluding carboxylic acids is 2. The number of nitrogens with two attached hydrogens (primary N) is 1. The predicted molar refractivity (Wildman–Crippen MR) is 94.5 cm³/mol. The number of aryl methyl sites for hydroxylation is 1. The summed E-state index contributed by atoms with van der Waals surface area (Å²) < 4.78 is 5.72. The van der Waals surface area contributed by atoms with Crippen molar-refractivity contribution in [1.29, 1.82) is 0 Å². The fourth-order valence-corrected chi connectivity index (χ4v) is 4.97. The molecule has 0 spiro atoms. The minimum atomic E-state index is -0.453. The predicted octanol–water partition coefficient (Wildman–Crippen LogP) is 1.77. The van der Waals surface area contributed by atoms with Crippen molar-refractivity contribution in [3.63, 3.8) is 0 Å². The molecule has 24 heavy (non-hydrogen) atoms. The molecule has 0 radical (unpaired) electrons. The van der Waals surface area contributed by atoms with Gasteiger partial charge in [-0.15, -0.1) is 11.3 Å². The molecule has 0 bridgehead atoms. The Hall–Kier alpha value is -1.44. The Balaban J connectivity index is 1.74. The molecule has 132 valence electrons. The number of amides is 2. The molecule has 2 amide bonds. The van der Waals surface area contributed by atoms with Gasteiger partial charge < -0.3 is 15.8 Å². The van der Waals surface area contributed by atoms with Crippen molar-refractivity contribution >= 4 is 28.2 Å². The molecule has 1 aliphatic carbocycles. The molecule has 2 heterocycles. The van der Waals surface area contributed by atoms with Gasteiger partial charge in [0.2, 0.25) is 5.91 Å². The molecular weight excluding hydrogens is 326 g/mol. The van der Waals surface area contributed by atoms with Gasteiger partial charge in [0.1, 0.15) is 5.00 Å². The standard InChI is InChI=1S/C17H25N3O3S/c1-9-7-20(8-10(2)23-9)11(3)16(22)19-17-14(15(18)21)12-5-4-6-13(12)24-17/h9-11H,4-8H2,1-3H3,(H2,18,21)(H,19,22). The van der Waals surface area contributed by atoms with E-state index in [0.717, 1.165) is 37.9 Å². The highest BCUT2D eigenvalue weighted by Gasteiger charge is 2.31. The number of fused-ring (bicyclic) bond motifs is 1. The summed E-state index contributed by atoms with van der Waals surface area (Å²) in [7, 11) is 0. The third-order valence-corrected chi connectivity index (χ3v) is 5.99. The number of anilines is 1. The lowest BCUT2D eigenvalue weighted by molar-refractivity contribution is -0.126. The van der Waals surface area contributed by atoms with E-state index in [2.05, 4.69) is 10.2 Å². The van der Waals surface area contributed by atoms with Gasteiger partial charge in [0, 0.05) is 18.0 Å². The quantitative estimate of drug-likeness (QED) is 0.866. The van der Waals surface area contributed by atoms with Crippen LogP contribution in [0.1, 0.15) is 48.0 Å². The van der Waals surface area contributed by atoms with Crippen molar-refractivity contribution in [2.75, 3.05) is 18.4 Å². The van der Waals surface area contributed by atoms with Gasteiger partial charge in [-0.3, -0.25) is 14.5 Å². The number of hydrogen-bond donors (Lipinski definition) is 2. The first-order chi connectivity index (χ1) is 11.4. The first-order valence-electron chi connectivity index (χ1n) is 8.51. The van der Waals surface area contributed by atoms with Gasteiger partial charge in [-0.1, -0.05) is 0 Å². The third-order valence-electron chi connectivity index (χ3n) is 4.78.